The largest absolute Gasteiger partial charge is 0.395 e. The van der Waals surface area contributed by atoms with Gasteiger partial charge in [-0.05, 0) is 50.9 Å². The smallest absolute Gasteiger partial charge is 0.238 e. The molecule has 2 N–H and O–H groups in total. The number of amides is 1. The molecule has 2 heterocycles. The summed E-state index contributed by atoms with van der Waals surface area (Å²) in [5.74, 6) is 0.0585. The van der Waals surface area contributed by atoms with Crippen molar-refractivity contribution in [2.75, 3.05) is 38.1 Å². The lowest BCUT2D eigenvalue weighted by molar-refractivity contribution is -0.117. The average molecular weight is 317 g/mol. The summed E-state index contributed by atoms with van der Waals surface area (Å²) in [6.45, 7) is 3.75. The molecular formula is C18H27N3O2. The number of aliphatic hydroxyl groups excluding tert-OH is 1. The molecule has 0 saturated carbocycles. The minimum atomic E-state index is 0.0585. The molecule has 3 rings (SSSR count). The van der Waals surface area contributed by atoms with Crippen LogP contribution in [0, 0.1) is 0 Å². The lowest BCUT2D eigenvalue weighted by Crippen LogP contribution is -2.45. The summed E-state index contributed by atoms with van der Waals surface area (Å²) in [6.07, 6.45) is 4.57. The number of nitrogens with one attached hydrogen (secondary N) is 1. The number of likely N-dealkylation sites (tertiary alicyclic amines) is 2. The molecule has 2 aliphatic rings. The summed E-state index contributed by atoms with van der Waals surface area (Å²) in [4.78, 5) is 17.0. The number of carbonyl (C=O) groups excluding carboxylic acids is 1. The van der Waals surface area contributed by atoms with Crippen LogP contribution in [-0.4, -0.2) is 65.7 Å². The van der Waals surface area contributed by atoms with E-state index in [9.17, 15) is 9.90 Å². The maximum Gasteiger partial charge on any atom is 0.238 e. The van der Waals surface area contributed by atoms with Gasteiger partial charge in [-0.1, -0.05) is 18.2 Å². The molecule has 0 aromatic heterocycles. The van der Waals surface area contributed by atoms with Crippen molar-refractivity contribution in [2.45, 2.75) is 37.8 Å². The summed E-state index contributed by atoms with van der Waals surface area (Å²) in [5.41, 5.74) is 0.855. The van der Waals surface area contributed by atoms with Crippen molar-refractivity contribution in [2.24, 2.45) is 0 Å². The standard InChI is InChI=1S/C18H27N3O2/c22-14-17-9-5-10-20(17)12-16-8-4-11-21(16)13-18(23)19-15-6-2-1-3-7-15/h1-3,6-7,16-17,22H,4-5,8-14H2,(H,19,23)/t16-,17-/m1/s1. The number of benzene rings is 1. The Kier molecular flexibility index (Phi) is 5.65. The van der Waals surface area contributed by atoms with Gasteiger partial charge in [0.25, 0.3) is 0 Å². The monoisotopic (exact) mass is 317 g/mol. The van der Waals surface area contributed by atoms with Crippen LogP contribution >= 0.6 is 0 Å². The van der Waals surface area contributed by atoms with Crippen molar-refractivity contribution in [1.29, 1.82) is 0 Å². The van der Waals surface area contributed by atoms with E-state index >= 15 is 0 Å². The number of aliphatic hydroxyl groups is 1. The third-order valence-electron chi connectivity index (χ3n) is 5.06. The van der Waals surface area contributed by atoms with Crippen LogP contribution in [0.3, 0.4) is 0 Å². The second-order valence-corrected chi connectivity index (χ2v) is 6.65. The number of anilines is 1. The SMILES string of the molecule is O=C(CN1CCC[C@@H]1CN1CCC[C@@H]1CO)Nc1ccccc1. The lowest BCUT2D eigenvalue weighted by Gasteiger charge is -2.30. The molecule has 23 heavy (non-hydrogen) atoms. The molecule has 2 aliphatic heterocycles. The van der Waals surface area contributed by atoms with Gasteiger partial charge in [0.2, 0.25) is 5.91 Å². The van der Waals surface area contributed by atoms with Gasteiger partial charge in [-0.2, -0.15) is 0 Å². The molecule has 0 spiro atoms. The van der Waals surface area contributed by atoms with Crippen molar-refractivity contribution in [1.82, 2.24) is 9.80 Å². The predicted molar refractivity (Wildman–Crippen MR) is 91.3 cm³/mol. The number of rotatable bonds is 6. The highest BCUT2D eigenvalue weighted by molar-refractivity contribution is 5.92. The summed E-state index contributed by atoms with van der Waals surface area (Å²) in [7, 11) is 0. The maximum absolute atomic E-state index is 12.3. The summed E-state index contributed by atoms with van der Waals surface area (Å²) >= 11 is 0. The van der Waals surface area contributed by atoms with Gasteiger partial charge in [-0.15, -0.1) is 0 Å². The van der Waals surface area contributed by atoms with E-state index in [-0.39, 0.29) is 12.5 Å². The number of hydrogen-bond donors (Lipinski definition) is 2. The Morgan fingerprint density at radius 1 is 1.09 bits per heavy atom. The number of para-hydroxylation sites is 1. The highest BCUT2D eigenvalue weighted by Crippen LogP contribution is 2.23. The third kappa shape index (κ3) is 4.31. The van der Waals surface area contributed by atoms with Crippen LogP contribution in [0.5, 0.6) is 0 Å². The molecule has 0 radical (unpaired) electrons. The molecule has 1 aromatic carbocycles. The molecule has 5 nitrogen and oxygen atoms in total. The van der Waals surface area contributed by atoms with Crippen LogP contribution in [0.25, 0.3) is 0 Å². The van der Waals surface area contributed by atoms with Crippen LogP contribution in [-0.2, 0) is 4.79 Å². The van der Waals surface area contributed by atoms with Crippen LogP contribution in [0.4, 0.5) is 5.69 Å². The molecular weight excluding hydrogens is 290 g/mol. The van der Waals surface area contributed by atoms with Gasteiger partial charge in [-0.25, -0.2) is 0 Å². The molecule has 126 valence electrons. The second kappa shape index (κ2) is 7.90. The topological polar surface area (TPSA) is 55.8 Å². The van der Waals surface area contributed by atoms with Crippen LogP contribution in [0.1, 0.15) is 25.7 Å². The number of carbonyl (C=O) groups is 1. The third-order valence-corrected chi connectivity index (χ3v) is 5.06. The second-order valence-electron chi connectivity index (χ2n) is 6.65. The van der Waals surface area contributed by atoms with Crippen molar-refractivity contribution in [3.63, 3.8) is 0 Å². The Morgan fingerprint density at radius 2 is 1.78 bits per heavy atom. The zero-order valence-corrected chi connectivity index (χ0v) is 13.7. The van der Waals surface area contributed by atoms with Gasteiger partial charge in [0.1, 0.15) is 0 Å². The fraction of sp³-hybridized carbons (Fsp3) is 0.611. The molecule has 0 aliphatic carbocycles. The van der Waals surface area contributed by atoms with Gasteiger partial charge < -0.3 is 10.4 Å². The minimum Gasteiger partial charge on any atom is -0.395 e. The quantitative estimate of drug-likeness (QED) is 0.836. The van der Waals surface area contributed by atoms with Gasteiger partial charge in [0.05, 0.1) is 13.2 Å². The summed E-state index contributed by atoms with van der Waals surface area (Å²) in [5, 5.41) is 12.4. The van der Waals surface area contributed by atoms with Gasteiger partial charge >= 0.3 is 0 Å². The first-order chi connectivity index (χ1) is 11.3. The molecule has 1 amide bonds. The molecule has 0 unspecified atom stereocenters. The van der Waals surface area contributed by atoms with E-state index in [1.165, 1.54) is 6.42 Å². The number of nitrogens with zero attached hydrogens (tertiary/aromatic N) is 2. The van der Waals surface area contributed by atoms with Crippen LogP contribution in [0.2, 0.25) is 0 Å². The highest BCUT2D eigenvalue weighted by Gasteiger charge is 2.31. The Balaban J connectivity index is 1.51. The van der Waals surface area contributed by atoms with E-state index in [0.717, 1.165) is 44.6 Å². The molecule has 1 aromatic rings. The van der Waals surface area contributed by atoms with Crippen LogP contribution < -0.4 is 5.32 Å². The molecule has 2 saturated heterocycles. The Hall–Kier alpha value is -1.43. The van der Waals surface area contributed by atoms with E-state index < -0.39 is 0 Å². The molecule has 5 heteroatoms. The highest BCUT2D eigenvalue weighted by atomic mass is 16.3. The van der Waals surface area contributed by atoms with Crippen molar-refractivity contribution in [3.05, 3.63) is 30.3 Å². The zero-order valence-electron chi connectivity index (χ0n) is 13.7. The molecule has 0 bridgehead atoms. The predicted octanol–water partition coefficient (Wildman–Crippen LogP) is 1.55. The van der Waals surface area contributed by atoms with E-state index in [2.05, 4.69) is 15.1 Å². The van der Waals surface area contributed by atoms with Crippen molar-refractivity contribution in [3.8, 4) is 0 Å². The average Bonchev–Trinajstić information content (AvgIpc) is 3.18. The lowest BCUT2D eigenvalue weighted by atomic mass is 10.2. The number of hydrogen-bond acceptors (Lipinski definition) is 4. The maximum atomic E-state index is 12.3. The minimum absolute atomic E-state index is 0.0585. The fourth-order valence-electron chi connectivity index (χ4n) is 3.83. The normalized spacial score (nSPS) is 25.8. The summed E-state index contributed by atoms with van der Waals surface area (Å²) in [6, 6.07) is 10.4. The molecule has 2 fully saturated rings. The van der Waals surface area contributed by atoms with Gasteiger partial charge in [0, 0.05) is 24.3 Å². The van der Waals surface area contributed by atoms with Gasteiger partial charge in [-0.3, -0.25) is 14.6 Å². The van der Waals surface area contributed by atoms with Gasteiger partial charge in [0.15, 0.2) is 0 Å². The summed E-state index contributed by atoms with van der Waals surface area (Å²) < 4.78 is 0. The Labute approximate surface area is 138 Å². The first kappa shape index (κ1) is 16.4. The first-order valence-electron chi connectivity index (χ1n) is 8.70. The Morgan fingerprint density at radius 3 is 2.52 bits per heavy atom. The van der Waals surface area contributed by atoms with Crippen molar-refractivity contribution >= 4 is 11.6 Å². The Bertz CT molecular complexity index is 508. The van der Waals surface area contributed by atoms with E-state index in [0.29, 0.717) is 18.6 Å². The fourth-order valence-corrected chi connectivity index (χ4v) is 3.83. The molecule has 2 atom stereocenters. The van der Waals surface area contributed by atoms with E-state index in [1.54, 1.807) is 0 Å². The van der Waals surface area contributed by atoms with Crippen LogP contribution in [0.15, 0.2) is 30.3 Å². The first-order valence-corrected chi connectivity index (χ1v) is 8.70. The zero-order chi connectivity index (χ0) is 16.1. The van der Waals surface area contributed by atoms with Crippen molar-refractivity contribution < 1.29 is 9.90 Å². The van der Waals surface area contributed by atoms with E-state index in [1.807, 2.05) is 30.3 Å². The van der Waals surface area contributed by atoms with E-state index in [4.69, 9.17) is 0 Å².